The minimum absolute atomic E-state index is 0. The molecule has 0 amide bonds. The van der Waals surface area contributed by atoms with Crippen molar-refractivity contribution in [2.24, 2.45) is 0 Å². The molecule has 0 aliphatic rings. The van der Waals surface area contributed by atoms with Crippen molar-refractivity contribution in [3.63, 3.8) is 0 Å². The Labute approximate surface area is 53.0 Å². The fraction of sp³-hybridized carbons (Fsp3) is 0. The van der Waals surface area contributed by atoms with Gasteiger partial charge in [0.1, 0.15) is 0 Å². The van der Waals surface area contributed by atoms with E-state index >= 15 is 0 Å². The monoisotopic (exact) mass is 157 g/mol. The van der Waals surface area contributed by atoms with Crippen molar-refractivity contribution in [3.05, 3.63) is 14.9 Å². The van der Waals surface area contributed by atoms with Crippen molar-refractivity contribution in [1.29, 1.82) is 0 Å². The largest absolute Gasteiger partial charge is 2.00 e. The van der Waals surface area contributed by atoms with Crippen molar-refractivity contribution in [1.82, 2.24) is 0 Å². The standard InChI is InChI=1S/2CH3.HO2P.Zn/c;;1-3-2;/h2*1H3;(H,1,2);/q2*-1;;+2/p-1. The van der Waals surface area contributed by atoms with Crippen molar-refractivity contribution in [2.45, 2.75) is 0 Å². The minimum atomic E-state index is -1.08. The van der Waals surface area contributed by atoms with Crippen LogP contribution in [0.25, 0.3) is 0 Å². The second-order valence-electron chi connectivity index (χ2n) is 0.0745. The van der Waals surface area contributed by atoms with Gasteiger partial charge in [-0.2, -0.15) is 0 Å². The molecule has 0 bridgehead atoms. The van der Waals surface area contributed by atoms with Gasteiger partial charge in [-0.3, -0.25) is 4.57 Å². The van der Waals surface area contributed by atoms with Crippen LogP contribution in [0.4, 0.5) is 0 Å². The summed E-state index contributed by atoms with van der Waals surface area (Å²) in [6.45, 7) is 0. The van der Waals surface area contributed by atoms with Crippen LogP contribution < -0.4 is 4.89 Å². The molecule has 0 aliphatic carbocycles. The third kappa shape index (κ3) is 136. The molecular formula is C2H6O2PZn-. The molecule has 0 atom stereocenters. The van der Waals surface area contributed by atoms with Gasteiger partial charge in [0, 0.05) is 0 Å². The van der Waals surface area contributed by atoms with Gasteiger partial charge < -0.3 is 19.7 Å². The van der Waals surface area contributed by atoms with Gasteiger partial charge in [-0.25, -0.2) is 0 Å². The van der Waals surface area contributed by atoms with Crippen LogP contribution in [-0.2, 0) is 24.0 Å². The fourth-order valence-corrected chi connectivity index (χ4v) is 0. The van der Waals surface area contributed by atoms with Crippen LogP contribution in [0.2, 0.25) is 0 Å². The zero-order valence-corrected chi connectivity index (χ0v) is 7.83. The van der Waals surface area contributed by atoms with Crippen molar-refractivity contribution in [3.8, 4) is 0 Å². The van der Waals surface area contributed by atoms with Gasteiger partial charge in [0.15, 0.2) is 0 Å². The van der Waals surface area contributed by atoms with Crippen LogP contribution in [-0.4, -0.2) is 0 Å². The molecule has 0 aromatic heterocycles. The first kappa shape index (κ1) is 30.0. The predicted molar refractivity (Wildman–Crippen MR) is 20.4 cm³/mol. The summed E-state index contributed by atoms with van der Waals surface area (Å²) >= 11 is 0. The van der Waals surface area contributed by atoms with E-state index in [0.717, 1.165) is 0 Å². The van der Waals surface area contributed by atoms with Crippen LogP contribution in [0.1, 0.15) is 0 Å². The molecular weight excluding hydrogens is 152 g/mol. The zero-order chi connectivity index (χ0) is 2.71. The number of rotatable bonds is 0. The Morgan fingerprint density at radius 1 is 1.33 bits per heavy atom. The molecule has 0 saturated carbocycles. The summed E-state index contributed by atoms with van der Waals surface area (Å²) < 4.78 is 8.35. The maximum Gasteiger partial charge on any atom is 2.00 e. The molecule has 4 heteroatoms. The average molecular weight is 158 g/mol. The number of hydrogen-bond acceptors (Lipinski definition) is 2. The molecule has 0 unspecified atom stereocenters. The first-order valence-corrected chi connectivity index (χ1v) is 1.10. The van der Waals surface area contributed by atoms with Gasteiger partial charge in [-0.15, -0.1) is 0 Å². The summed E-state index contributed by atoms with van der Waals surface area (Å²) in [5.41, 5.74) is 0. The third-order valence-electron chi connectivity index (χ3n) is 0. The first-order valence-electron chi connectivity index (χ1n) is 0.365. The first-order chi connectivity index (χ1) is 1.41. The molecule has 0 radical (unpaired) electrons. The molecule has 0 saturated heterocycles. The Hall–Kier alpha value is 0.683. The minimum Gasteiger partial charge on any atom is -0.772 e. The van der Waals surface area contributed by atoms with Crippen molar-refractivity contribution < 1.29 is 28.9 Å². The Kier molecular flexibility index (Phi) is 220. The Morgan fingerprint density at radius 3 is 1.33 bits per heavy atom. The summed E-state index contributed by atoms with van der Waals surface area (Å²) in [7, 11) is -1.08. The summed E-state index contributed by atoms with van der Waals surface area (Å²) in [5, 5.41) is 0. The van der Waals surface area contributed by atoms with Crippen LogP contribution in [0.5, 0.6) is 0 Å². The normalized spacial score (nSPS) is 3.50. The van der Waals surface area contributed by atoms with E-state index in [-0.39, 0.29) is 34.3 Å². The van der Waals surface area contributed by atoms with Gasteiger partial charge in [0.25, 0.3) is 0 Å². The maximum atomic E-state index is 8.35. The second-order valence-corrected chi connectivity index (χ2v) is 0.224. The van der Waals surface area contributed by atoms with E-state index in [1.54, 1.807) is 0 Å². The number of hydrogen-bond donors (Lipinski definition) is 0. The molecule has 34 valence electrons. The Bertz CT molecular complexity index is 19.0. The molecule has 0 heterocycles. The van der Waals surface area contributed by atoms with E-state index in [1.807, 2.05) is 0 Å². The van der Waals surface area contributed by atoms with Crippen LogP contribution >= 0.6 is 8.69 Å². The summed E-state index contributed by atoms with van der Waals surface area (Å²) in [6, 6.07) is 0. The molecule has 2 nitrogen and oxygen atoms in total. The predicted octanol–water partition coefficient (Wildman–Crippen LogP) is 0.451. The van der Waals surface area contributed by atoms with E-state index < -0.39 is 8.69 Å². The smallest absolute Gasteiger partial charge is 0.772 e. The van der Waals surface area contributed by atoms with Crippen molar-refractivity contribution >= 4 is 8.69 Å². The quantitative estimate of drug-likeness (QED) is 0.292. The molecule has 6 heavy (non-hydrogen) atoms. The van der Waals surface area contributed by atoms with Gasteiger partial charge in [0.05, 0.1) is 8.69 Å². The maximum absolute atomic E-state index is 8.35. The van der Waals surface area contributed by atoms with E-state index in [1.165, 1.54) is 0 Å². The van der Waals surface area contributed by atoms with Crippen LogP contribution in [0, 0.1) is 14.9 Å². The van der Waals surface area contributed by atoms with Gasteiger partial charge in [-0.05, 0) is 0 Å². The zero-order valence-electron chi connectivity index (χ0n) is 3.97. The molecule has 0 fully saturated rings. The summed E-state index contributed by atoms with van der Waals surface area (Å²) in [4.78, 5) is 8.35. The Balaban J connectivity index is -0.00000000667. The summed E-state index contributed by atoms with van der Waals surface area (Å²) in [5.74, 6) is 0. The second kappa shape index (κ2) is 44.0. The van der Waals surface area contributed by atoms with E-state index in [9.17, 15) is 0 Å². The molecule has 0 aromatic carbocycles. The van der Waals surface area contributed by atoms with Gasteiger partial charge >= 0.3 is 19.5 Å². The topological polar surface area (TPSA) is 40.1 Å². The summed E-state index contributed by atoms with van der Waals surface area (Å²) in [6.07, 6.45) is 0. The molecule has 0 N–H and O–H groups in total. The van der Waals surface area contributed by atoms with Crippen LogP contribution in [0.15, 0.2) is 0 Å². The molecule has 0 spiro atoms. The van der Waals surface area contributed by atoms with E-state index in [0.29, 0.717) is 0 Å². The van der Waals surface area contributed by atoms with E-state index in [4.69, 9.17) is 9.46 Å². The van der Waals surface area contributed by atoms with Crippen LogP contribution in [0.3, 0.4) is 0 Å². The Morgan fingerprint density at radius 2 is 1.33 bits per heavy atom. The third-order valence-corrected chi connectivity index (χ3v) is 0. The van der Waals surface area contributed by atoms with E-state index in [2.05, 4.69) is 0 Å². The van der Waals surface area contributed by atoms with Crippen molar-refractivity contribution in [2.75, 3.05) is 0 Å². The average Bonchev–Trinajstić information content (AvgIpc) is 0.918. The molecule has 0 rings (SSSR count). The molecule has 0 aromatic rings. The SMILES string of the molecule is O=P[O-].[CH3-].[CH3-].[Zn+2]. The van der Waals surface area contributed by atoms with Gasteiger partial charge in [0.2, 0.25) is 0 Å². The molecule has 0 aliphatic heterocycles. The van der Waals surface area contributed by atoms with Gasteiger partial charge in [-0.1, -0.05) is 0 Å². The fourth-order valence-electron chi connectivity index (χ4n) is 0.